The van der Waals surface area contributed by atoms with Crippen molar-refractivity contribution < 1.29 is 0 Å². The number of rotatable bonds is 3. The molecule has 84 valence electrons. The first kappa shape index (κ1) is 12.0. The van der Waals surface area contributed by atoms with Gasteiger partial charge < -0.3 is 5.73 Å². The molecule has 3 heteroatoms. The van der Waals surface area contributed by atoms with E-state index in [-0.39, 0.29) is 0 Å². The third-order valence-corrected chi connectivity index (χ3v) is 3.41. The smallest absolute Gasteiger partial charge is 0.0277 e. The highest BCUT2D eigenvalue weighted by Gasteiger charge is 2.31. The minimum atomic E-state index is 0.297. The van der Waals surface area contributed by atoms with Crippen molar-refractivity contribution in [3.05, 3.63) is 0 Å². The average molecular weight is 199 g/mol. The zero-order valence-electron chi connectivity index (χ0n) is 10.1. The molecule has 1 rings (SSSR count). The van der Waals surface area contributed by atoms with Gasteiger partial charge >= 0.3 is 0 Å². The highest BCUT2D eigenvalue weighted by molar-refractivity contribution is 4.89. The van der Waals surface area contributed by atoms with Crippen molar-refractivity contribution in [3.63, 3.8) is 0 Å². The molecule has 1 aliphatic heterocycles. The Labute approximate surface area is 88.2 Å². The second-order valence-corrected chi connectivity index (χ2v) is 5.14. The number of hydrogen-bond acceptors (Lipinski definition) is 3. The minimum absolute atomic E-state index is 0.297. The molecule has 0 aromatic carbocycles. The van der Waals surface area contributed by atoms with Crippen LogP contribution in [0.25, 0.3) is 0 Å². The van der Waals surface area contributed by atoms with Gasteiger partial charge in [-0.15, -0.1) is 0 Å². The molecule has 3 nitrogen and oxygen atoms in total. The van der Waals surface area contributed by atoms with Crippen LogP contribution in [0.3, 0.4) is 0 Å². The van der Waals surface area contributed by atoms with Crippen LogP contribution in [0.5, 0.6) is 0 Å². The molecule has 1 saturated heterocycles. The van der Waals surface area contributed by atoms with Crippen LogP contribution in [0.4, 0.5) is 0 Å². The molecule has 0 bridgehead atoms. The van der Waals surface area contributed by atoms with Crippen LogP contribution in [-0.4, -0.2) is 54.6 Å². The van der Waals surface area contributed by atoms with E-state index in [1.54, 1.807) is 0 Å². The van der Waals surface area contributed by atoms with Gasteiger partial charge in [0.2, 0.25) is 0 Å². The summed E-state index contributed by atoms with van der Waals surface area (Å²) in [6, 6.07) is 0.342. The summed E-state index contributed by atoms with van der Waals surface area (Å²) >= 11 is 0. The van der Waals surface area contributed by atoms with Gasteiger partial charge in [-0.1, -0.05) is 6.92 Å². The molecule has 0 saturated carbocycles. The molecule has 1 atom stereocenters. The summed E-state index contributed by atoms with van der Waals surface area (Å²) in [7, 11) is 2.21. The lowest BCUT2D eigenvalue weighted by Gasteiger charge is -2.45. The summed E-state index contributed by atoms with van der Waals surface area (Å²) in [6.45, 7) is 11.3. The second-order valence-electron chi connectivity index (χ2n) is 5.14. The minimum Gasteiger partial charge on any atom is -0.327 e. The Balaban J connectivity index is 2.43. The van der Waals surface area contributed by atoms with Crippen LogP contribution in [0.15, 0.2) is 0 Å². The maximum absolute atomic E-state index is 5.97. The first-order valence-electron chi connectivity index (χ1n) is 5.65. The van der Waals surface area contributed by atoms with Gasteiger partial charge in [0.1, 0.15) is 0 Å². The highest BCUT2D eigenvalue weighted by atomic mass is 15.3. The van der Waals surface area contributed by atoms with Crippen molar-refractivity contribution in [2.75, 3.05) is 33.2 Å². The maximum atomic E-state index is 5.97. The SMILES string of the molecule is CCC(N)CN1CCN(C)C(C)(C)C1. The number of hydrogen-bond donors (Lipinski definition) is 1. The summed E-state index contributed by atoms with van der Waals surface area (Å²) in [5, 5.41) is 0. The Morgan fingerprint density at radius 1 is 1.36 bits per heavy atom. The van der Waals surface area contributed by atoms with Gasteiger partial charge in [0.05, 0.1) is 0 Å². The predicted octanol–water partition coefficient (Wildman–Crippen LogP) is 0.750. The Kier molecular flexibility index (Phi) is 3.93. The van der Waals surface area contributed by atoms with Gasteiger partial charge in [0.15, 0.2) is 0 Å². The van der Waals surface area contributed by atoms with Crippen LogP contribution in [0, 0.1) is 0 Å². The first-order chi connectivity index (χ1) is 6.45. The molecule has 0 aromatic heterocycles. The molecule has 0 aliphatic carbocycles. The van der Waals surface area contributed by atoms with E-state index in [0.717, 1.165) is 32.6 Å². The van der Waals surface area contributed by atoms with Crippen molar-refractivity contribution >= 4 is 0 Å². The van der Waals surface area contributed by atoms with E-state index in [1.165, 1.54) is 0 Å². The topological polar surface area (TPSA) is 32.5 Å². The van der Waals surface area contributed by atoms with Crippen LogP contribution in [-0.2, 0) is 0 Å². The lowest BCUT2D eigenvalue weighted by Crippen LogP contribution is -2.59. The predicted molar refractivity (Wildman–Crippen MR) is 61.4 cm³/mol. The number of piperazine rings is 1. The average Bonchev–Trinajstić information content (AvgIpc) is 2.11. The van der Waals surface area contributed by atoms with Gasteiger partial charge in [-0.2, -0.15) is 0 Å². The normalized spacial score (nSPS) is 26.4. The third-order valence-electron chi connectivity index (χ3n) is 3.41. The van der Waals surface area contributed by atoms with Gasteiger partial charge in [0.25, 0.3) is 0 Å². The molecule has 0 aromatic rings. The van der Waals surface area contributed by atoms with Crippen LogP contribution in [0.2, 0.25) is 0 Å². The van der Waals surface area contributed by atoms with Crippen molar-refractivity contribution in [1.29, 1.82) is 0 Å². The van der Waals surface area contributed by atoms with E-state index in [2.05, 4.69) is 37.6 Å². The van der Waals surface area contributed by atoms with E-state index >= 15 is 0 Å². The van der Waals surface area contributed by atoms with Gasteiger partial charge in [-0.3, -0.25) is 9.80 Å². The Morgan fingerprint density at radius 3 is 2.50 bits per heavy atom. The van der Waals surface area contributed by atoms with Gasteiger partial charge in [0, 0.05) is 37.8 Å². The third kappa shape index (κ3) is 2.94. The second kappa shape index (κ2) is 4.60. The first-order valence-corrected chi connectivity index (χ1v) is 5.65. The zero-order valence-corrected chi connectivity index (χ0v) is 10.1. The van der Waals surface area contributed by atoms with E-state index in [0.29, 0.717) is 11.6 Å². The quantitative estimate of drug-likeness (QED) is 0.728. The van der Waals surface area contributed by atoms with Gasteiger partial charge in [-0.05, 0) is 27.3 Å². The number of likely N-dealkylation sites (N-methyl/N-ethyl adjacent to an activating group) is 1. The largest absolute Gasteiger partial charge is 0.327 e. The lowest BCUT2D eigenvalue weighted by molar-refractivity contribution is 0.0371. The Morgan fingerprint density at radius 2 is 2.00 bits per heavy atom. The molecule has 1 unspecified atom stereocenters. The molecular formula is C11H25N3. The van der Waals surface area contributed by atoms with Crippen LogP contribution in [0.1, 0.15) is 27.2 Å². The summed E-state index contributed by atoms with van der Waals surface area (Å²) in [4.78, 5) is 4.93. The van der Waals surface area contributed by atoms with Crippen molar-refractivity contribution in [1.82, 2.24) is 9.80 Å². The molecule has 0 spiro atoms. The van der Waals surface area contributed by atoms with Crippen molar-refractivity contribution in [2.24, 2.45) is 5.73 Å². The summed E-state index contributed by atoms with van der Waals surface area (Å²) in [6.07, 6.45) is 1.08. The summed E-state index contributed by atoms with van der Waals surface area (Å²) in [5.41, 5.74) is 6.27. The van der Waals surface area contributed by atoms with Gasteiger partial charge in [-0.25, -0.2) is 0 Å². The maximum Gasteiger partial charge on any atom is 0.0277 e. The number of nitrogens with two attached hydrogens (primary N) is 1. The van der Waals surface area contributed by atoms with Crippen molar-refractivity contribution in [2.45, 2.75) is 38.8 Å². The Bertz CT molecular complexity index is 179. The molecule has 14 heavy (non-hydrogen) atoms. The zero-order chi connectivity index (χ0) is 10.8. The van der Waals surface area contributed by atoms with E-state index < -0.39 is 0 Å². The van der Waals surface area contributed by atoms with Crippen LogP contribution >= 0.6 is 0 Å². The summed E-state index contributed by atoms with van der Waals surface area (Å²) in [5.74, 6) is 0. The molecule has 0 amide bonds. The fourth-order valence-electron chi connectivity index (χ4n) is 1.96. The molecule has 2 N–H and O–H groups in total. The monoisotopic (exact) mass is 199 g/mol. The van der Waals surface area contributed by atoms with E-state index in [4.69, 9.17) is 5.73 Å². The summed E-state index contributed by atoms with van der Waals surface area (Å²) < 4.78 is 0. The van der Waals surface area contributed by atoms with Crippen LogP contribution < -0.4 is 5.73 Å². The lowest BCUT2D eigenvalue weighted by atomic mass is 9.99. The molecule has 1 aliphatic rings. The standard InChI is InChI=1S/C11H25N3/c1-5-10(12)8-14-7-6-13(4)11(2,3)9-14/h10H,5-9,12H2,1-4H3. The van der Waals surface area contributed by atoms with E-state index in [1.807, 2.05) is 0 Å². The van der Waals surface area contributed by atoms with E-state index in [9.17, 15) is 0 Å². The molecule has 1 fully saturated rings. The number of nitrogens with zero attached hydrogens (tertiary/aromatic N) is 2. The molecule has 1 heterocycles. The highest BCUT2D eigenvalue weighted by Crippen LogP contribution is 2.18. The van der Waals surface area contributed by atoms with Crippen molar-refractivity contribution in [3.8, 4) is 0 Å². The fraction of sp³-hybridized carbons (Fsp3) is 1.00. The fourth-order valence-corrected chi connectivity index (χ4v) is 1.96. The Hall–Kier alpha value is -0.120. The molecular weight excluding hydrogens is 174 g/mol. The molecule has 0 radical (unpaired) electrons.